The van der Waals surface area contributed by atoms with Gasteiger partial charge in [-0.05, 0) is 19.9 Å². The van der Waals surface area contributed by atoms with Crippen molar-refractivity contribution in [1.82, 2.24) is 0 Å². The van der Waals surface area contributed by atoms with Crippen molar-refractivity contribution >= 4 is 17.7 Å². The summed E-state index contributed by atoms with van der Waals surface area (Å²) in [5.74, 6) is -2.23. The molecule has 0 heterocycles. The molecule has 0 radical (unpaired) electrons. The number of benzene rings is 1. The van der Waals surface area contributed by atoms with Gasteiger partial charge in [-0.1, -0.05) is 36.9 Å². The van der Waals surface area contributed by atoms with Gasteiger partial charge in [-0.15, -0.1) is 0 Å². The summed E-state index contributed by atoms with van der Waals surface area (Å²) in [7, 11) is 0. The number of hydrogen-bond acceptors (Lipinski definition) is 7. The van der Waals surface area contributed by atoms with E-state index in [4.69, 9.17) is 0 Å². The molecule has 0 aliphatic carbocycles. The fourth-order valence-electron chi connectivity index (χ4n) is 1.17. The first-order chi connectivity index (χ1) is 10.4. The minimum Gasteiger partial charge on any atom is -0.289 e. The first-order valence-electron chi connectivity index (χ1n) is 6.11. The summed E-state index contributed by atoms with van der Waals surface area (Å²) in [6.45, 7) is 6.04. The standard InChI is InChI=1S/C15H14O7/c1-10(2)14(17)19-21-22-20-15(18)11(3)9-13(16)12-7-5-4-6-8-12/h4-9H,1H2,2-3H3/b11-9+. The van der Waals surface area contributed by atoms with E-state index in [2.05, 4.69) is 26.4 Å². The minimum absolute atomic E-state index is 0.0244. The maximum absolute atomic E-state index is 11.8. The van der Waals surface area contributed by atoms with Gasteiger partial charge < -0.3 is 0 Å². The second-order valence-electron chi connectivity index (χ2n) is 4.22. The second kappa shape index (κ2) is 8.50. The van der Waals surface area contributed by atoms with E-state index >= 15 is 0 Å². The first kappa shape index (κ1) is 17.3. The van der Waals surface area contributed by atoms with Crippen molar-refractivity contribution < 1.29 is 34.2 Å². The Hall–Kier alpha value is -2.77. The van der Waals surface area contributed by atoms with Gasteiger partial charge in [-0.25, -0.2) is 9.59 Å². The normalized spacial score (nSPS) is 10.7. The van der Waals surface area contributed by atoms with E-state index in [1.807, 2.05) is 0 Å². The molecule has 0 N–H and O–H groups in total. The summed E-state index contributed by atoms with van der Waals surface area (Å²) >= 11 is 0. The predicted molar refractivity (Wildman–Crippen MR) is 73.7 cm³/mol. The molecule has 0 aliphatic rings. The zero-order valence-electron chi connectivity index (χ0n) is 12.0. The van der Waals surface area contributed by atoms with E-state index in [9.17, 15) is 14.4 Å². The van der Waals surface area contributed by atoms with Gasteiger partial charge in [0.2, 0.25) is 0 Å². The smallest absolute Gasteiger partial charge is 0.289 e. The summed E-state index contributed by atoms with van der Waals surface area (Å²) < 4.78 is 0. The predicted octanol–water partition coefficient (Wildman–Crippen LogP) is 2.26. The lowest BCUT2D eigenvalue weighted by molar-refractivity contribution is -0.598. The Bertz CT molecular complexity index is 602. The lowest BCUT2D eigenvalue weighted by atomic mass is 10.1. The van der Waals surface area contributed by atoms with E-state index < -0.39 is 11.9 Å². The van der Waals surface area contributed by atoms with E-state index in [0.29, 0.717) is 5.56 Å². The van der Waals surface area contributed by atoms with Crippen LogP contribution >= 0.6 is 0 Å². The highest BCUT2D eigenvalue weighted by atomic mass is 17.7. The molecular formula is C15H14O7. The highest BCUT2D eigenvalue weighted by Gasteiger charge is 2.12. The highest BCUT2D eigenvalue weighted by molar-refractivity contribution is 6.08. The molecule has 7 nitrogen and oxygen atoms in total. The third-order valence-corrected chi connectivity index (χ3v) is 2.32. The lowest BCUT2D eigenvalue weighted by Crippen LogP contribution is -2.11. The summed E-state index contributed by atoms with van der Waals surface area (Å²) in [6, 6.07) is 8.37. The van der Waals surface area contributed by atoms with Crippen LogP contribution in [0.5, 0.6) is 0 Å². The molecule has 0 bridgehead atoms. The number of allylic oxidation sites excluding steroid dienone is 1. The molecule has 0 amide bonds. The maximum Gasteiger partial charge on any atom is 0.372 e. The number of rotatable bonds is 7. The van der Waals surface area contributed by atoms with E-state index in [1.165, 1.54) is 13.8 Å². The highest BCUT2D eigenvalue weighted by Crippen LogP contribution is 2.05. The van der Waals surface area contributed by atoms with Crippen molar-refractivity contribution in [3.63, 3.8) is 0 Å². The van der Waals surface area contributed by atoms with Crippen LogP contribution in [-0.2, 0) is 29.4 Å². The molecule has 0 unspecified atom stereocenters. The number of hydrogen-bond donors (Lipinski definition) is 0. The van der Waals surface area contributed by atoms with Crippen LogP contribution in [0.15, 0.2) is 54.1 Å². The Morgan fingerprint density at radius 1 is 0.955 bits per heavy atom. The lowest BCUT2D eigenvalue weighted by Gasteiger charge is -2.02. The van der Waals surface area contributed by atoms with Gasteiger partial charge in [-0.3, -0.25) is 14.6 Å². The Balaban J connectivity index is 2.45. The van der Waals surface area contributed by atoms with Gasteiger partial charge in [-0.2, -0.15) is 0 Å². The van der Waals surface area contributed by atoms with Gasteiger partial charge >= 0.3 is 11.9 Å². The van der Waals surface area contributed by atoms with Crippen molar-refractivity contribution in [2.75, 3.05) is 0 Å². The third kappa shape index (κ3) is 5.70. The largest absolute Gasteiger partial charge is 0.372 e. The number of carbonyl (C=O) groups is 3. The summed E-state index contributed by atoms with van der Waals surface area (Å²) in [5.41, 5.74) is 0.463. The van der Waals surface area contributed by atoms with Gasteiger partial charge in [0.25, 0.3) is 0 Å². The van der Waals surface area contributed by atoms with Crippen LogP contribution in [0, 0.1) is 0 Å². The third-order valence-electron chi connectivity index (χ3n) is 2.32. The van der Waals surface area contributed by atoms with Crippen LogP contribution in [0.3, 0.4) is 0 Å². The van der Waals surface area contributed by atoms with Crippen molar-refractivity contribution in [3.05, 3.63) is 59.7 Å². The molecule has 22 heavy (non-hydrogen) atoms. The van der Waals surface area contributed by atoms with Crippen LogP contribution < -0.4 is 0 Å². The molecule has 0 spiro atoms. The molecular weight excluding hydrogens is 292 g/mol. The van der Waals surface area contributed by atoms with Gasteiger partial charge in [0.1, 0.15) is 0 Å². The van der Waals surface area contributed by atoms with E-state index in [-0.39, 0.29) is 16.9 Å². The SMILES string of the molecule is C=C(C)C(=O)OOOOC(=O)/C(C)=C/C(=O)c1ccccc1. The van der Waals surface area contributed by atoms with Crippen molar-refractivity contribution in [2.45, 2.75) is 13.8 Å². The molecule has 0 fully saturated rings. The Morgan fingerprint density at radius 3 is 2.05 bits per heavy atom. The monoisotopic (exact) mass is 306 g/mol. The van der Waals surface area contributed by atoms with Crippen molar-refractivity contribution in [2.24, 2.45) is 0 Å². The zero-order chi connectivity index (χ0) is 16.5. The van der Waals surface area contributed by atoms with Crippen LogP contribution in [0.25, 0.3) is 0 Å². The average Bonchev–Trinajstić information content (AvgIpc) is 2.51. The molecule has 1 aromatic carbocycles. The molecule has 1 rings (SSSR count). The van der Waals surface area contributed by atoms with Gasteiger partial charge in [0, 0.05) is 26.8 Å². The number of ketones is 1. The van der Waals surface area contributed by atoms with Crippen LogP contribution in [0.2, 0.25) is 0 Å². The van der Waals surface area contributed by atoms with Crippen LogP contribution in [0.1, 0.15) is 24.2 Å². The Morgan fingerprint density at radius 2 is 1.50 bits per heavy atom. The fourth-order valence-corrected chi connectivity index (χ4v) is 1.17. The second-order valence-corrected chi connectivity index (χ2v) is 4.22. The minimum atomic E-state index is -0.976. The van der Waals surface area contributed by atoms with E-state index in [0.717, 1.165) is 6.08 Å². The summed E-state index contributed by atoms with van der Waals surface area (Å²) in [4.78, 5) is 42.4. The molecule has 0 aromatic heterocycles. The van der Waals surface area contributed by atoms with Gasteiger partial charge in [0.15, 0.2) is 5.78 Å². The van der Waals surface area contributed by atoms with Crippen molar-refractivity contribution in [1.29, 1.82) is 0 Å². The molecule has 0 atom stereocenters. The first-order valence-corrected chi connectivity index (χ1v) is 6.11. The molecule has 1 aromatic rings. The molecule has 116 valence electrons. The Kier molecular flexibility index (Phi) is 6.68. The zero-order valence-corrected chi connectivity index (χ0v) is 12.0. The average molecular weight is 306 g/mol. The van der Waals surface area contributed by atoms with Crippen LogP contribution in [-0.4, -0.2) is 17.7 Å². The molecule has 0 saturated carbocycles. The van der Waals surface area contributed by atoms with Crippen molar-refractivity contribution in [3.8, 4) is 0 Å². The fraction of sp³-hybridized carbons (Fsp3) is 0.133. The maximum atomic E-state index is 11.8. The quantitative estimate of drug-likeness (QED) is 0.251. The summed E-state index contributed by atoms with van der Waals surface area (Å²) in [6.07, 6.45) is 1.08. The summed E-state index contributed by atoms with van der Waals surface area (Å²) in [5, 5.41) is 7.84. The molecule has 7 heteroatoms. The van der Waals surface area contributed by atoms with E-state index in [1.54, 1.807) is 30.3 Å². The molecule has 0 aliphatic heterocycles. The van der Waals surface area contributed by atoms with Gasteiger partial charge in [0.05, 0.1) is 0 Å². The topological polar surface area (TPSA) is 88.1 Å². The Labute approximate surface area is 126 Å². The number of carbonyl (C=O) groups excluding carboxylic acids is 3. The van der Waals surface area contributed by atoms with Crippen LogP contribution in [0.4, 0.5) is 0 Å². The molecule has 0 saturated heterocycles.